The maximum absolute atomic E-state index is 13.7. The predicted octanol–water partition coefficient (Wildman–Crippen LogP) is 7.74. The molecule has 5 rings (SSSR count). The van der Waals surface area contributed by atoms with Gasteiger partial charge in [-0.25, -0.2) is 0 Å². The zero-order chi connectivity index (χ0) is 32.6. The molecule has 4 aromatic rings. The number of anilines is 1. The largest absolute Gasteiger partial charge is 0.507 e. The summed E-state index contributed by atoms with van der Waals surface area (Å²) in [6, 6.07) is 19.2. The van der Waals surface area contributed by atoms with E-state index in [1.807, 2.05) is 13.8 Å². The van der Waals surface area contributed by atoms with Gasteiger partial charge in [0.05, 0.1) is 31.9 Å². The molecule has 1 amide bonds. The number of nitrogens with zero attached hydrogens (tertiary/aromatic N) is 3. The van der Waals surface area contributed by atoms with Gasteiger partial charge in [0.15, 0.2) is 15.8 Å². The smallest absolute Gasteiger partial charge is 0.301 e. The predicted molar refractivity (Wildman–Crippen MR) is 181 cm³/mol. The Morgan fingerprint density at radius 3 is 2.41 bits per heavy atom. The first-order valence-corrected chi connectivity index (χ1v) is 17.0. The number of unbranched alkanes of at least 4 members (excludes halogenated alkanes) is 2. The van der Waals surface area contributed by atoms with Crippen LogP contribution in [0.1, 0.15) is 61.4 Å². The SMILES string of the molecule is CCCCCOc1ccc(C2C(=C(O)c3ccc(OC)cc3)C(=O)C(=O)N2c2nnc(SCc3ccc(C)cc3)s2)cc1OCC. The van der Waals surface area contributed by atoms with Crippen LogP contribution in [0.15, 0.2) is 76.6 Å². The van der Waals surface area contributed by atoms with Crippen molar-refractivity contribution < 1.29 is 28.9 Å². The first-order valence-electron chi connectivity index (χ1n) is 15.2. The number of aliphatic hydroxyl groups excluding tert-OH is 1. The van der Waals surface area contributed by atoms with Crippen LogP contribution in [0.4, 0.5) is 5.13 Å². The van der Waals surface area contributed by atoms with Gasteiger partial charge >= 0.3 is 5.91 Å². The van der Waals surface area contributed by atoms with Crippen LogP contribution >= 0.6 is 23.1 Å². The van der Waals surface area contributed by atoms with E-state index >= 15 is 0 Å². The molecule has 1 aliphatic heterocycles. The molecular weight excluding hydrogens is 623 g/mol. The van der Waals surface area contributed by atoms with Gasteiger partial charge in [-0.1, -0.05) is 78.8 Å². The maximum Gasteiger partial charge on any atom is 0.301 e. The molecule has 1 aromatic heterocycles. The minimum atomic E-state index is -0.988. The summed E-state index contributed by atoms with van der Waals surface area (Å²) >= 11 is 2.72. The van der Waals surface area contributed by atoms with E-state index in [-0.39, 0.29) is 16.5 Å². The third-order valence-corrected chi connectivity index (χ3v) is 9.61. The number of thioether (sulfide) groups is 1. The van der Waals surface area contributed by atoms with E-state index in [1.54, 1.807) is 49.6 Å². The number of ketones is 1. The van der Waals surface area contributed by atoms with Crippen LogP contribution in [0.25, 0.3) is 5.76 Å². The lowest BCUT2D eigenvalue weighted by Crippen LogP contribution is -2.29. The molecule has 1 aliphatic rings. The van der Waals surface area contributed by atoms with Crippen molar-refractivity contribution in [2.24, 2.45) is 0 Å². The number of aryl methyl sites for hydroxylation is 1. The van der Waals surface area contributed by atoms with Gasteiger partial charge in [-0.3, -0.25) is 14.5 Å². The summed E-state index contributed by atoms with van der Waals surface area (Å²) in [7, 11) is 1.54. The monoisotopic (exact) mass is 659 g/mol. The summed E-state index contributed by atoms with van der Waals surface area (Å²) in [5.74, 6) is 0.396. The van der Waals surface area contributed by atoms with Crippen LogP contribution in [0.3, 0.4) is 0 Å². The molecule has 46 heavy (non-hydrogen) atoms. The van der Waals surface area contributed by atoms with Gasteiger partial charge < -0.3 is 19.3 Å². The Hall–Kier alpha value is -4.35. The lowest BCUT2D eigenvalue weighted by atomic mass is 9.95. The summed E-state index contributed by atoms with van der Waals surface area (Å²) < 4.78 is 17.9. The van der Waals surface area contributed by atoms with Crippen LogP contribution in [-0.2, 0) is 15.3 Å². The molecule has 1 atom stereocenters. The van der Waals surface area contributed by atoms with E-state index in [0.29, 0.717) is 51.7 Å². The van der Waals surface area contributed by atoms with Gasteiger partial charge in [-0.15, -0.1) is 10.2 Å². The maximum atomic E-state index is 13.7. The highest BCUT2D eigenvalue weighted by atomic mass is 32.2. The molecule has 1 unspecified atom stereocenters. The fraction of sp³-hybridized carbons (Fsp3) is 0.314. The van der Waals surface area contributed by atoms with Crippen molar-refractivity contribution >= 4 is 45.7 Å². The average molecular weight is 660 g/mol. The molecule has 1 fully saturated rings. The van der Waals surface area contributed by atoms with Crippen molar-refractivity contribution in [2.75, 3.05) is 25.2 Å². The quantitative estimate of drug-likeness (QED) is 0.0363. The molecule has 0 spiro atoms. The Bertz CT molecular complexity index is 1700. The second kappa shape index (κ2) is 15.3. The van der Waals surface area contributed by atoms with E-state index in [4.69, 9.17) is 14.2 Å². The van der Waals surface area contributed by atoms with Crippen LogP contribution in [0, 0.1) is 6.92 Å². The molecule has 2 heterocycles. The fourth-order valence-electron chi connectivity index (χ4n) is 5.05. The molecule has 0 aliphatic carbocycles. The van der Waals surface area contributed by atoms with Crippen LogP contribution in [0.5, 0.6) is 17.2 Å². The first-order chi connectivity index (χ1) is 22.3. The van der Waals surface area contributed by atoms with Gasteiger partial charge in [0.2, 0.25) is 5.13 Å². The summed E-state index contributed by atoms with van der Waals surface area (Å²) in [5.41, 5.74) is 3.19. The molecular formula is C35H37N3O6S2. The summed E-state index contributed by atoms with van der Waals surface area (Å²) in [6.45, 7) is 6.97. The van der Waals surface area contributed by atoms with E-state index in [1.165, 1.54) is 33.6 Å². The molecule has 0 radical (unpaired) electrons. The minimum Gasteiger partial charge on any atom is -0.507 e. The minimum absolute atomic E-state index is 0.0571. The Morgan fingerprint density at radius 2 is 1.72 bits per heavy atom. The number of ether oxygens (including phenoxy) is 3. The number of benzene rings is 3. The Balaban J connectivity index is 1.54. The third-order valence-electron chi connectivity index (χ3n) is 7.48. The van der Waals surface area contributed by atoms with Gasteiger partial charge in [0.25, 0.3) is 5.78 Å². The Morgan fingerprint density at radius 1 is 0.957 bits per heavy atom. The van der Waals surface area contributed by atoms with Gasteiger partial charge in [-0.2, -0.15) is 0 Å². The highest BCUT2D eigenvalue weighted by Crippen LogP contribution is 2.45. The number of rotatable bonds is 14. The first kappa shape index (κ1) is 33.0. The molecule has 0 saturated carbocycles. The highest BCUT2D eigenvalue weighted by molar-refractivity contribution is 8.00. The van der Waals surface area contributed by atoms with Crippen molar-refractivity contribution in [3.63, 3.8) is 0 Å². The third kappa shape index (κ3) is 7.37. The molecule has 11 heteroatoms. The van der Waals surface area contributed by atoms with Crippen LogP contribution in [0.2, 0.25) is 0 Å². The summed E-state index contributed by atoms with van der Waals surface area (Å²) in [5, 5.41) is 20.5. The Labute approximate surface area is 277 Å². The second-order valence-corrected chi connectivity index (χ2v) is 12.9. The number of hydrogen-bond acceptors (Lipinski definition) is 10. The summed E-state index contributed by atoms with van der Waals surface area (Å²) in [4.78, 5) is 28.7. The summed E-state index contributed by atoms with van der Waals surface area (Å²) in [6.07, 6.45) is 3.03. The molecule has 240 valence electrons. The average Bonchev–Trinajstić information content (AvgIpc) is 3.64. The number of aliphatic hydroxyl groups is 1. The zero-order valence-corrected chi connectivity index (χ0v) is 28.0. The number of hydrogen-bond donors (Lipinski definition) is 1. The van der Waals surface area contributed by atoms with E-state index in [2.05, 4.69) is 41.4 Å². The number of Topliss-reactive ketones (excluding diaryl/α,β-unsaturated/α-hetero) is 1. The van der Waals surface area contributed by atoms with E-state index in [0.717, 1.165) is 24.8 Å². The Kier molecular flexibility index (Phi) is 11.0. The van der Waals surface area contributed by atoms with E-state index in [9.17, 15) is 14.7 Å². The van der Waals surface area contributed by atoms with Gasteiger partial charge in [0, 0.05) is 11.3 Å². The standard InChI is InChI=1S/C35H37N3O6S2/c1-5-7-8-19-44-27-18-15-25(20-28(27)43-6-2)30-29(31(39)24-13-16-26(42-4)17-14-24)32(40)33(41)38(30)34-36-37-35(46-34)45-21-23-11-9-22(3)10-12-23/h9-18,20,30,39H,5-8,19,21H2,1-4H3. The van der Waals surface area contributed by atoms with E-state index < -0.39 is 17.7 Å². The van der Waals surface area contributed by atoms with Crippen molar-refractivity contribution in [3.8, 4) is 17.2 Å². The lowest BCUT2D eigenvalue weighted by molar-refractivity contribution is -0.132. The number of aromatic nitrogens is 2. The molecule has 0 bridgehead atoms. The highest BCUT2D eigenvalue weighted by Gasteiger charge is 2.48. The van der Waals surface area contributed by atoms with Crippen molar-refractivity contribution in [2.45, 2.75) is 56.2 Å². The number of carbonyl (C=O) groups excluding carboxylic acids is 2. The lowest BCUT2D eigenvalue weighted by Gasteiger charge is -2.23. The van der Waals surface area contributed by atoms with Crippen LogP contribution < -0.4 is 19.1 Å². The zero-order valence-electron chi connectivity index (χ0n) is 26.3. The number of carbonyl (C=O) groups is 2. The number of amides is 1. The fourth-order valence-corrected chi connectivity index (χ4v) is 6.88. The van der Waals surface area contributed by atoms with Crippen molar-refractivity contribution in [1.29, 1.82) is 0 Å². The van der Waals surface area contributed by atoms with Crippen molar-refractivity contribution in [3.05, 3.63) is 94.6 Å². The van der Waals surface area contributed by atoms with Gasteiger partial charge in [0.1, 0.15) is 11.5 Å². The van der Waals surface area contributed by atoms with Crippen molar-refractivity contribution in [1.82, 2.24) is 10.2 Å². The van der Waals surface area contributed by atoms with Crippen LogP contribution in [-0.4, -0.2) is 47.3 Å². The molecule has 3 aromatic carbocycles. The molecule has 9 nitrogen and oxygen atoms in total. The second-order valence-electron chi connectivity index (χ2n) is 10.7. The molecule has 1 saturated heterocycles. The topological polar surface area (TPSA) is 111 Å². The van der Waals surface area contributed by atoms with Gasteiger partial charge in [-0.05, 0) is 67.8 Å². The number of methoxy groups -OCH3 is 1. The normalized spacial score (nSPS) is 15.7. The molecule has 1 N–H and O–H groups in total.